The van der Waals surface area contributed by atoms with Gasteiger partial charge in [0.05, 0.1) is 17.6 Å². The standard InChI is InChI=1S/C18H22F3N5O2/c1-16(4-5-16)28-10-2-3-12(22)11(6-10)15(23)13-7-14(25-24-13)26-8-17(27,9-26)18(19,20)21/h2-3,6-7,14,23-25,27H,4-5,8-9,22H2,1H3. The number of hydrazine groups is 1. The molecule has 2 heterocycles. The number of nitrogens with two attached hydrogens (primary N) is 1. The van der Waals surface area contributed by atoms with Gasteiger partial charge in [0.15, 0.2) is 5.60 Å². The lowest BCUT2D eigenvalue weighted by molar-refractivity contribution is -0.305. The van der Waals surface area contributed by atoms with Crippen LogP contribution in [0.2, 0.25) is 0 Å². The molecule has 0 amide bonds. The van der Waals surface area contributed by atoms with Crippen molar-refractivity contribution in [3.8, 4) is 5.75 Å². The van der Waals surface area contributed by atoms with Gasteiger partial charge in [-0.15, -0.1) is 0 Å². The van der Waals surface area contributed by atoms with Crippen LogP contribution < -0.4 is 21.3 Å². The highest BCUT2D eigenvalue weighted by molar-refractivity contribution is 6.13. The Bertz CT molecular complexity index is 844. The maximum absolute atomic E-state index is 12.8. The molecule has 10 heteroatoms. The van der Waals surface area contributed by atoms with Gasteiger partial charge >= 0.3 is 6.18 Å². The first-order chi connectivity index (χ1) is 13.0. The summed E-state index contributed by atoms with van der Waals surface area (Å²) in [5.74, 6) is 0.620. The number of nitrogens with one attached hydrogen (secondary N) is 3. The Labute approximate surface area is 159 Å². The molecule has 0 spiro atoms. The van der Waals surface area contributed by atoms with E-state index in [2.05, 4.69) is 10.9 Å². The maximum atomic E-state index is 12.8. The lowest BCUT2D eigenvalue weighted by atomic mass is 9.92. The van der Waals surface area contributed by atoms with E-state index >= 15 is 0 Å². The second-order valence-corrected chi connectivity index (χ2v) is 7.90. The summed E-state index contributed by atoms with van der Waals surface area (Å²) in [6.45, 7) is 0.952. The predicted molar refractivity (Wildman–Crippen MR) is 96.7 cm³/mol. The molecule has 0 radical (unpaired) electrons. The Morgan fingerprint density at radius 1 is 1.36 bits per heavy atom. The molecule has 28 heavy (non-hydrogen) atoms. The summed E-state index contributed by atoms with van der Waals surface area (Å²) in [6.07, 6.45) is -1.68. The van der Waals surface area contributed by atoms with Crippen LogP contribution in [0.15, 0.2) is 30.0 Å². The Morgan fingerprint density at radius 2 is 2.04 bits per heavy atom. The Kier molecular flexibility index (Phi) is 4.15. The average molecular weight is 397 g/mol. The van der Waals surface area contributed by atoms with Crippen LogP contribution in [0.4, 0.5) is 18.9 Å². The van der Waals surface area contributed by atoms with E-state index in [4.69, 9.17) is 15.9 Å². The summed E-state index contributed by atoms with van der Waals surface area (Å²) in [6, 6.07) is 5.12. The van der Waals surface area contributed by atoms with E-state index in [1.165, 1.54) is 4.90 Å². The molecule has 3 aliphatic rings. The number of aliphatic hydroxyl groups is 1. The normalized spacial score (nSPS) is 25.5. The molecule has 1 atom stereocenters. The molecule has 0 bridgehead atoms. The van der Waals surface area contributed by atoms with E-state index in [0.29, 0.717) is 22.7 Å². The van der Waals surface area contributed by atoms with Crippen LogP contribution in [0, 0.1) is 5.41 Å². The predicted octanol–water partition coefficient (Wildman–Crippen LogP) is 1.49. The highest BCUT2D eigenvalue weighted by Gasteiger charge is 2.62. The third-order valence-electron chi connectivity index (χ3n) is 5.41. The van der Waals surface area contributed by atoms with Gasteiger partial charge in [0, 0.05) is 24.3 Å². The summed E-state index contributed by atoms with van der Waals surface area (Å²) in [7, 11) is 0. The van der Waals surface area contributed by atoms with Crippen LogP contribution >= 0.6 is 0 Å². The van der Waals surface area contributed by atoms with Crippen molar-refractivity contribution in [1.82, 2.24) is 15.8 Å². The molecule has 7 nitrogen and oxygen atoms in total. The summed E-state index contributed by atoms with van der Waals surface area (Å²) in [5.41, 5.74) is 10.2. The van der Waals surface area contributed by atoms with Gasteiger partial charge in [-0.3, -0.25) is 10.3 Å². The van der Waals surface area contributed by atoms with Crippen molar-refractivity contribution in [2.24, 2.45) is 0 Å². The summed E-state index contributed by atoms with van der Waals surface area (Å²) in [4.78, 5) is 1.43. The molecule has 1 aromatic rings. The lowest BCUT2D eigenvalue weighted by Crippen LogP contribution is -2.72. The zero-order valence-electron chi connectivity index (χ0n) is 15.2. The zero-order chi connectivity index (χ0) is 20.3. The number of rotatable bonds is 5. The second-order valence-electron chi connectivity index (χ2n) is 7.90. The van der Waals surface area contributed by atoms with Crippen molar-refractivity contribution < 1.29 is 23.0 Å². The number of likely N-dealkylation sites (tertiary alicyclic amines) is 1. The number of hydrogen-bond acceptors (Lipinski definition) is 7. The van der Waals surface area contributed by atoms with Gasteiger partial charge in [0.1, 0.15) is 11.4 Å². The molecule has 2 fully saturated rings. The average Bonchev–Trinajstić information content (AvgIpc) is 3.11. The topological polar surface area (TPSA) is 107 Å². The summed E-state index contributed by atoms with van der Waals surface area (Å²) >= 11 is 0. The Balaban J connectivity index is 1.46. The number of benzene rings is 1. The molecule has 152 valence electrons. The number of nitrogen functional groups attached to an aromatic ring is 1. The number of allylic oxidation sites excluding steroid dienone is 1. The van der Waals surface area contributed by atoms with Gasteiger partial charge in [0.2, 0.25) is 0 Å². The van der Waals surface area contributed by atoms with Crippen LogP contribution in [-0.2, 0) is 0 Å². The lowest BCUT2D eigenvalue weighted by Gasteiger charge is -2.48. The van der Waals surface area contributed by atoms with Gasteiger partial charge in [-0.1, -0.05) is 0 Å². The largest absolute Gasteiger partial charge is 0.488 e. The Hall–Kier alpha value is -2.30. The van der Waals surface area contributed by atoms with Crippen molar-refractivity contribution in [2.45, 2.75) is 43.3 Å². The molecule has 2 aliphatic heterocycles. The van der Waals surface area contributed by atoms with Gasteiger partial charge < -0.3 is 21.0 Å². The van der Waals surface area contributed by atoms with E-state index < -0.39 is 31.0 Å². The Morgan fingerprint density at radius 3 is 2.64 bits per heavy atom. The van der Waals surface area contributed by atoms with Crippen molar-refractivity contribution in [2.75, 3.05) is 18.8 Å². The molecular weight excluding hydrogens is 375 g/mol. The van der Waals surface area contributed by atoms with Crippen LogP contribution in [0.25, 0.3) is 0 Å². The number of nitrogens with zero attached hydrogens (tertiary/aromatic N) is 1. The van der Waals surface area contributed by atoms with Crippen molar-refractivity contribution in [3.63, 3.8) is 0 Å². The van der Waals surface area contributed by atoms with Gasteiger partial charge in [-0.25, -0.2) is 5.43 Å². The molecule has 1 aliphatic carbocycles. The van der Waals surface area contributed by atoms with Crippen molar-refractivity contribution in [1.29, 1.82) is 5.41 Å². The third kappa shape index (κ3) is 3.31. The highest BCUT2D eigenvalue weighted by atomic mass is 19.4. The fourth-order valence-corrected chi connectivity index (χ4v) is 3.26. The first kappa shape index (κ1) is 19.0. The molecular formula is C18H22F3N5O2. The van der Waals surface area contributed by atoms with E-state index in [1.807, 2.05) is 6.92 Å². The molecule has 1 saturated heterocycles. The highest BCUT2D eigenvalue weighted by Crippen LogP contribution is 2.40. The van der Waals surface area contributed by atoms with Gasteiger partial charge in [0.25, 0.3) is 0 Å². The second kappa shape index (κ2) is 6.10. The van der Waals surface area contributed by atoms with E-state index in [9.17, 15) is 18.3 Å². The summed E-state index contributed by atoms with van der Waals surface area (Å²) in [5, 5.41) is 18.0. The number of anilines is 1. The molecule has 6 N–H and O–H groups in total. The number of halogens is 3. The van der Waals surface area contributed by atoms with Crippen molar-refractivity contribution in [3.05, 3.63) is 35.5 Å². The summed E-state index contributed by atoms with van der Waals surface area (Å²) < 4.78 is 44.3. The van der Waals surface area contributed by atoms with Crippen LogP contribution in [0.1, 0.15) is 25.3 Å². The minimum Gasteiger partial charge on any atom is -0.488 e. The minimum atomic E-state index is -4.66. The van der Waals surface area contributed by atoms with Crippen LogP contribution in [0.5, 0.6) is 5.75 Å². The number of ether oxygens (including phenoxy) is 1. The van der Waals surface area contributed by atoms with Crippen molar-refractivity contribution >= 4 is 11.4 Å². The van der Waals surface area contributed by atoms with Gasteiger partial charge in [-0.2, -0.15) is 13.2 Å². The number of alkyl halides is 3. The van der Waals surface area contributed by atoms with E-state index in [1.54, 1.807) is 24.3 Å². The minimum absolute atomic E-state index is 0.102. The first-order valence-corrected chi connectivity index (χ1v) is 8.94. The fourth-order valence-electron chi connectivity index (χ4n) is 3.26. The maximum Gasteiger partial charge on any atom is 0.419 e. The van der Waals surface area contributed by atoms with Crippen LogP contribution in [-0.4, -0.2) is 52.4 Å². The first-order valence-electron chi connectivity index (χ1n) is 8.94. The molecule has 1 unspecified atom stereocenters. The van der Waals surface area contributed by atoms with Crippen LogP contribution in [0.3, 0.4) is 0 Å². The number of hydrogen-bond donors (Lipinski definition) is 5. The smallest absolute Gasteiger partial charge is 0.419 e. The molecule has 4 rings (SSSR count). The SMILES string of the molecule is CC1(Oc2ccc(N)c(C(=N)C3=CC(N4CC(O)(C(F)(F)F)C4)NN3)c2)CC1. The monoisotopic (exact) mass is 397 g/mol. The molecule has 1 saturated carbocycles. The molecule has 1 aromatic carbocycles. The number of β-amino-alcohol motifs (C(OH)–C–C–N with tert-alkyl or cyclic N) is 1. The third-order valence-corrected chi connectivity index (χ3v) is 5.41. The fraction of sp³-hybridized carbons (Fsp3) is 0.500. The zero-order valence-corrected chi connectivity index (χ0v) is 15.2. The van der Waals surface area contributed by atoms with E-state index in [0.717, 1.165) is 12.8 Å². The molecule has 0 aromatic heterocycles. The quantitative estimate of drug-likeness (QED) is 0.381. The van der Waals surface area contributed by atoms with E-state index in [-0.39, 0.29) is 11.3 Å². The van der Waals surface area contributed by atoms with Gasteiger partial charge in [-0.05, 0) is 44.0 Å².